The molecule has 3 atom stereocenters. The van der Waals surface area contributed by atoms with Crippen molar-refractivity contribution in [2.45, 2.75) is 58.8 Å². The van der Waals surface area contributed by atoms with Crippen molar-refractivity contribution in [3.05, 3.63) is 23.8 Å². The van der Waals surface area contributed by atoms with Crippen LogP contribution >= 0.6 is 0 Å². The Hall–Kier alpha value is -1.75. The summed E-state index contributed by atoms with van der Waals surface area (Å²) in [5, 5.41) is 3.38. The molecule has 0 aromatic heterocycles. The van der Waals surface area contributed by atoms with E-state index in [1.807, 2.05) is 25.7 Å². The molecule has 2 saturated heterocycles. The third kappa shape index (κ3) is 4.27. The summed E-state index contributed by atoms with van der Waals surface area (Å²) < 4.78 is 5.72. The number of amides is 1. The van der Waals surface area contributed by atoms with E-state index < -0.39 is 0 Å². The van der Waals surface area contributed by atoms with E-state index in [1.165, 1.54) is 24.1 Å². The zero-order valence-corrected chi connectivity index (χ0v) is 15.9. The standard InChI is InChI=1S/C20H31N3O2/c1-14-11-18(7-8-19(14)22-9-5-6-10-22)21-17(4)20(24)23-12-15(2)25-16(3)13-23/h7-8,11,15-17,21H,5-6,9-10,12-13H2,1-4H3/t15-,16+,17-/m0/s1. The maximum absolute atomic E-state index is 12.8. The van der Waals surface area contributed by atoms with E-state index in [2.05, 4.69) is 35.3 Å². The number of aryl methyl sites for hydroxylation is 1. The zero-order valence-electron chi connectivity index (χ0n) is 15.9. The van der Waals surface area contributed by atoms with Crippen molar-refractivity contribution in [1.29, 1.82) is 0 Å². The number of anilines is 2. The average Bonchev–Trinajstić information content (AvgIpc) is 3.07. The van der Waals surface area contributed by atoms with Crippen LogP contribution in [0.25, 0.3) is 0 Å². The molecule has 2 fully saturated rings. The second kappa shape index (κ2) is 7.65. The van der Waals surface area contributed by atoms with Crippen LogP contribution < -0.4 is 10.2 Å². The van der Waals surface area contributed by atoms with Crippen molar-refractivity contribution in [1.82, 2.24) is 4.90 Å². The molecule has 25 heavy (non-hydrogen) atoms. The molecule has 1 amide bonds. The first-order chi connectivity index (χ1) is 11.9. The number of carbonyl (C=O) groups is 1. The summed E-state index contributed by atoms with van der Waals surface area (Å²) >= 11 is 0. The Kier molecular flexibility index (Phi) is 5.52. The highest BCUT2D eigenvalue weighted by molar-refractivity contribution is 5.84. The minimum Gasteiger partial charge on any atom is -0.374 e. The molecule has 2 aliphatic heterocycles. The van der Waals surface area contributed by atoms with E-state index in [0.717, 1.165) is 18.8 Å². The number of morpholine rings is 1. The van der Waals surface area contributed by atoms with Crippen molar-refractivity contribution in [3.8, 4) is 0 Å². The van der Waals surface area contributed by atoms with Crippen LogP contribution in [0.1, 0.15) is 39.2 Å². The number of nitrogens with zero attached hydrogens (tertiary/aromatic N) is 2. The quantitative estimate of drug-likeness (QED) is 0.911. The molecule has 0 radical (unpaired) electrons. The summed E-state index contributed by atoms with van der Waals surface area (Å²) in [5.41, 5.74) is 3.59. The Morgan fingerprint density at radius 3 is 2.44 bits per heavy atom. The Balaban J connectivity index is 1.63. The van der Waals surface area contributed by atoms with Gasteiger partial charge in [0.15, 0.2) is 0 Å². The van der Waals surface area contributed by atoms with Gasteiger partial charge in [0.25, 0.3) is 0 Å². The predicted molar refractivity (Wildman–Crippen MR) is 102 cm³/mol. The van der Waals surface area contributed by atoms with Crippen LogP contribution in [0.15, 0.2) is 18.2 Å². The number of hydrogen-bond acceptors (Lipinski definition) is 4. The Labute approximate surface area is 151 Å². The first-order valence-electron chi connectivity index (χ1n) is 9.50. The highest BCUT2D eigenvalue weighted by Gasteiger charge is 2.28. The second-order valence-corrected chi connectivity index (χ2v) is 7.56. The molecular formula is C20H31N3O2. The zero-order chi connectivity index (χ0) is 18.0. The minimum absolute atomic E-state index is 0.0990. The summed E-state index contributed by atoms with van der Waals surface area (Å²) in [7, 11) is 0. The lowest BCUT2D eigenvalue weighted by molar-refractivity contribution is -0.143. The summed E-state index contributed by atoms with van der Waals surface area (Å²) in [4.78, 5) is 17.1. The monoisotopic (exact) mass is 345 g/mol. The van der Waals surface area contributed by atoms with Gasteiger partial charge in [-0.25, -0.2) is 0 Å². The maximum Gasteiger partial charge on any atom is 0.244 e. The van der Waals surface area contributed by atoms with Crippen LogP contribution in [0.3, 0.4) is 0 Å². The normalized spacial score (nSPS) is 25.1. The molecule has 2 heterocycles. The van der Waals surface area contributed by atoms with E-state index in [0.29, 0.717) is 13.1 Å². The van der Waals surface area contributed by atoms with Gasteiger partial charge in [-0.1, -0.05) is 0 Å². The molecule has 3 rings (SSSR count). The molecule has 2 aliphatic rings. The van der Waals surface area contributed by atoms with Gasteiger partial charge in [0.2, 0.25) is 5.91 Å². The van der Waals surface area contributed by atoms with Gasteiger partial charge in [-0.15, -0.1) is 0 Å². The van der Waals surface area contributed by atoms with Gasteiger partial charge >= 0.3 is 0 Å². The van der Waals surface area contributed by atoms with Crippen molar-refractivity contribution in [2.24, 2.45) is 0 Å². The van der Waals surface area contributed by atoms with Gasteiger partial charge in [-0.3, -0.25) is 4.79 Å². The fourth-order valence-corrected chi connectivity index (χ4v) is 4.00. The van der Waals surface area contributed by atoms with Crippen LogP contribution in [0.4, 0.5) is 11.4 Å². The fraction of sp³-hybridized carbons (Fsp3) is 0.650. The molecule has 1 aromatic carbocycles. The summed E-state index contributed by atoms with van der Waals surface area (Å²) in [6, 6.07) is 6.19. The van der Waals surface area contributed by atoms with Crippen molar-refractivity contribution in [2.75, 3.05) is 36.4 Å². The topological polar surface area (TPSA) is 44.8 Å². The van der Waals surface area contributed by atoms with Crippen LogP contribution in [0, 0.1) is 6.92 Å². The third-order valence-corrected chi connectivity index (χ3v) is 5.13. The largest absolute Gasteiger partial charge is 0.374 e. The highest BCUT2D eigenvalue weighted by Crippen LogP contribution is 2.27. The molecule has 138 valence electrons. The minimum atomic E-state index is -0.241. The molecule has 0 saturated carbocycles. The molecular weight excluding hydrogens is 314 g/mol. The Bertz CT molecular complexity index is 603. The molecule has 0 aliphatic carbocycles. The Morgan fingerprint density at radius 2 is 1.84 bits per heavy atom. The summed E-state index contributed by atoms with van der Waals surface area (Å²) in [5.74, 6) is 0.142. The van der Waals surface area contributed by atoms with E-state index in [1.54, 1.807) is 0 Å². The maximum atomic E-state index is 12.8. The van der Waals surface area contributed by atoms with Crippen molar-refractivity contribution in [3.63, 3.8) is 0 Å². The molecule has 5 nitrogen and oxygen atoms in total. The molecule has 0 unspecified atom stereocenters. The average molecular weight is 345 g/mol. The third-order valence-electron chi connectivity index (χ3n) is 5.13. The predicted octanol–water partition coefficient (Wildman–Crippen LogP) is 3.03. The molecule has 0 bridgehead atoms. The first kappa shape index (κ1) is 18.1. The van der Waals surface area contributed by atoms with Gasteiger partial charge in [0, 0.05) is 37.6 Å². The lowest BCUT2D eigenvalue weighted by Gasteiger charge is -2.36. The lowest BCUT2D eigenvalue weighted by atomic mass is 10.1. The van der Waals surface area contributed by atoms with Crippen LogP contribution in [0.2, 0.25) is 0 Å². The van der Waals surface area contributed by atoms with Gasteiger partial charge in [-0.2, -0.15) is 0 Å². The van der Waals surface area contributed by atoms with Gasteiger partial charge < -0.3 is 19.9 Å². The van der Waals surface area contributed by atoms with Gasteiger partial charge in [0.1, 0.15) is 6.04 Å². The SMILES string of the molecule is Cc1cc(N[C@@H](C)C(=O)N2C[C@@H](C)O[C@@H](C)C2)ccc1N1CCCC1. The van der Waals surface area contributed by atoms with Crippen LogP contribution in [0.5, 0.6) is 0 Å². The lowest BCUT2D eigenvalue weighted by Crippen LogP contribution is -2.52. The smallest absolute Gasteiger partial charge is 0.244 e. The molecule has 1 aromatic rings. The summed E-state index contributed by atoms with van der Waals surface area (Å²) in [6.45, 7) is 11.8. The fourth-order valence-electron chi connectivity index (χ4n) is 4.00. The van der Waals surface area contributed by atoms with E-state index >= 15 is 0 Å². The van der Waals surface area contributed by atoms with E-state index in [-0.39, 0.29) is 24.2 Å². The van der Waals surface area contributed by atoms with Crippen molar-refractivity contribution < 1.29 is 9.53 Å². The number of carbonyl (C=O) groups excluding carboxylic acids is 1. The molecule has 5 heteroatoms. The number of ether oxygens (including phenoxy) is 1. The van der Waals surface area contributed by atoms with E-state index in [4.69, 9.17) is 4.74 Å². The molecule has 0 spiro atoms. The van der Waals surface area contributed by atoms with Gasteiger partial charge in [-0.05, 0) is 64.3 Å². The van der Waals surface area contributed by atoms with Crippen LogP contribution in [-0.2, 0) is 9.53 Å². The van der Waals surface area contributed by atoms with Gasteiger partial charge in [0.05, 0.1) is 12.2 Å². The number of hydrogen-bond donors (Lipinski definition) is 1. The Morgan fingerprint density at radius 1 is 1.20 bits per heavy atom. The summed E-state index contributed by atoms with van der Waals surface area (Å²) in [6.07, 6.45) is 2.76. The highest BCUT2D eigenvalue weighted by atomic mass is 16.5. The van der Waals surface area contributed by atoms with E-state index in [9.17, 15) is 4.79 Å². The number of rotatable bonds is 4. The van der Waals surface area contributed by atoms with Crippen molar-refractivity contribution >= 4 is 17.3 Å². The first-order valence-corrected chi connectivity index (χ1v) is 9.50. The number of benzene rings is 1. The second-order valence-electron chi connectivity index (χ2n) is 7.56. The number of nitrogens with one attached hydrogen (secondary N) is 1. The van der Waals surface area contributed by atoms with Crippen LogP contribution in [-0.4, -0.2) is 55.2 Å². The molecule has 1 N–H and O–H groups in total.